The van der Waals surface area contributed by atoms with E-state index in [1.807, 2.05) is 45.9 Å². The van der Waals surface area contributed by atoms with Crippen LogP contribution in [0.15, 0.2) is 24.4 Å². The Bertz CT molecular complexity index is 476. The van der Waals surface area contributed by atoms with Gasteiger partial charge in [0.05, 0.1) is 17.9 Å². The third kappa shape index (κ3) is 4.98. The van der Waals surface area contributed by atoms with E-state index < -0.39 is 5.60 Å². The standard InChI is InChI=1S/C17H26N2O3/c1-13(15-7-5-6-10-18-15)21-14-8-11-19(12-9-14)16(20)22-17(2,3)4/h5-7,10,13-14H,8-9,11-12H2,1-4H3. The van der Waals surface area contributed by atoms with E-state index in [-0.39, 0.29) is 18.3 Å². The fourth-order valence-corrected chi connectivity index (χ4v) is 2.48. The highest BCUT2D eigenvalue weighted by atomic mass is 16.6. The molecule has 1 amide bonds. The number of carbonyl (C=O) groups is 1. The molecule has 5 heteroatoms. The Labute approximate surface area is 132 Å². The molecule has 22 heavy (non-hydrogen) atoms. The number of likely N-dealkylation sites (tertiary alicyclic amines) is 1. The SMILES string of the molecule is CC(OC1CCN(C(=O)OC(C)(C)C)CC1)c1ccccn1. The van der Waals surface area contributed by atoms with Crippen molar-refractivity contribution >= 4 is 6.09 Å². The molecule has 1 aliphatic rings. The molecule has 5 nitrogen and oxygen atoms in total. The summed E-state index contributed by atoms with van der Waals surface area (Å²) >= 11 is 0. The van der Waals surface area contributed by atoms with Gasteiger partial charge in [-0.25, -0.2) is 4.79 Å². The van der Waals surface area contributed by atoms with Crippen LogP contribution in [0.25, 0.3) is 0 Å². The molecule has 1 aromatic heterocycles. The van der Waals surface area contributed by atoms with Crippen LogP contribution in [0.4, 0.5) is 4.79 Å². The molecule has 0 spiro atoms. The van der Waals surface area contributed by atoms with Crippen LogP contribution < -0.4 is 0 Å². The first-order valence-electron chi connectivity index (χ1n) is 7.89. The highest BCUT2D eigenvalue weighted by Crippen LogP contribution is 2.23. The topological polar surface area (TPSA) is 51.7 Å². The Balaban J connectivity index is 1.79. The second-order valence-electron chi connectivity index (χ2n) is 6.70. The van der Waals surface area contributed by atoms with Crippen molar-refractivity contribution in [3.63, 3.8) is 0 Å². The summed E-state index contributed by atoms with van der Waals surface area (Å²) in [6, 6.07) is 5.84. The van der Waals surface area contributed by atoms with Crippen molar-refractivity contribution in [1.29, 1.82) is 0 Å². The van der Waals surface area contributed by atoms with Crippen LogP contribution in [-0.4, -0.2) is 40.8 Å². The number of hydrogen-bond donors (Lipinski definition) is 0. The summed E-state index contributed by atoms with van der Waals surface area (Å²) in [5.41, 5.74) is 0.495. The molecule has 1 saturated heterocycles. The summed E-state index contributed by atoms with van der Waals surface area (Å²) in [6.07, 6.45) is 3.34. The van der Waals surface area contributed by atoms with Crippen molar-refractivity contribution in [1.82, 2.24) is 9.88 Å². The minimum Gasteiger partial charge on any atom is -0.444 e. The van der Waals surface area contributed by atoms with Gasteiger partial charge in [0.25, 0.3) is 0 Å². The average Bonchev–Trinajstić information content (AvgIpc) is 2.47. The molecule has 0 saturated carbocycles. The molecule has 1 unspecified atom stereocenters. The Morgan fingerprint density at radius 3 is 2.55 bits per heavy atom. The summed E-state index contributed by atoms with van der Waals surface area (Å²) in [6.45, 7) is 9.02. The minimum absolute atomic E-state index is 0.0284. The van der Waals surface area contributed by atoms with E-state index in [0.29, 0.717) is 13.1 Å². The van der Waals surface area contributed by atoms with Gasteiger partial charge < -0.3 is 14.4 Å². The minimum atomic E-state index is -0.447. The molecule has 0 N–H and O–H groups in total. The lowest BCUT2D eigenvalue weighted by molar-refractivity contribution is -0.0423. The molecule has 1 aromatic rings. The number of pyridine rings is 1. The summed E-state index contributed by atoms with van der Waals surface area (Å²) < 4.78 is 11.5. The summed E-state index contributed by atoms with van der Waals surface area (Å²) in [5.74, 6) is 0. The van der Waals surface area contributed by atoms with E-state index in [4.69, 9.17) is 9.47 Å². The first-order valence-corrected chi connectivity index (χ1v) is 7.89. The molecule has 2 heterocycles. The van der Waals surface area contributed by atoms with E-state index in [1.54, 1.807) is 11.1 Å². The van der Waals surface area contributed by atoms with E-state index >= 15 is 0 Å². The first-order chi connectivity index (χ1) is 10.3. The highest BCUT2D eigenvalue weighted by Gasteiger charge is 2.28. The zero-order chi connectivity index (χ0) is 16.2. The van der Waals surface area contributed by atoms with Crippen molar-refractivity contribution < 1.29 is 14.3 Å². The van der Waals surface area contributed by atoms with Gasteiger partial charge in [-0.1, -0.05) is 6.07 Å². The van der Waals surface area contributed by atoms with E-state index in [0.717, 1.165) is 18.5 Å². The molecular weight excluding hydrogens is 280 g/mol. The van der Waals surface area contributed by atoms with Crippen LogP contribution in [0, 0.1) is 0 Å². The predicted molar refractivity (Wildman–Crippen MR) is 84.6 cm³/mol. The third-order valence-electron chi connectivity index (χ3n) is 3.59. The zero-order valence-corrected chi connectivity index (χ0v) is 13.9. The van der Waals surface area contributed by atoms with E-state index in [1.165, 1.54) is 0 Å². The normalized spacial score (nSPS) is 18.1. The van der Waals surface area contributed by atoms with Crippen molar-refractivity contribution in [3.8, 4) is 0 Å². The van der Waals surface area contributed by atoms with Crippen molar-refractivity contribution in [2.45, 2.75) is 58.3 Å². The predicted octanol–water partition coefficient (Wildman–Crippen LogP) is 3.56. The van der Waals surface area contributed by atoms with Gasteiger partial charge in [-0.15, -0.1) is 0 Å². The van der Waals surface area contributed by atoms with Gasteiger partial charge >= 0.3 is 6.09 Å². The smallest absolute Gasteiger partial charge is 0.410 e. The number of rotatable bonds is 3. The summed E-state index contributed by atoms with van der Waals surface area (Å²) in [5, 5.41) is 0. The van der Waals surface area contributed by atoms with Crippen molar-refractivity contribution in [2.75, 3.05) is 13.1 Å². The number of carbonyl (C=O) groups excluding carboxylic acids is 1. The van der Waals surface area contributed by atoms with Gasteiger partial charge in [0.15, 0.2) is 0 Å². The summed E-state index contributed by atoms with van der Waals surface area (Å²) in [4.78, 5) is 18.1. The second-order valence-corrected chi connectivity index (χ2v) is 6.70. The Hall–Kier alpha value is -1.62. The third-order valence-corrected chi connectivity index (χ3v) is 3.59. The van der Waals surface area contributed by atoms with Gasteiger partial charge in [-0.05, 0) is 52.7 Å². The Kier molecular flexibility index (Phi) is 5.40. The Morgan fingerprint density at radius 2 is 2.00 bits per heavy atom. The molecule has 1 aliphatic heterocycles. The quantitative estimate of drug-likeness (QED) is 0.857. The van der Waals surface area contributed by atoms with Crippen LogP contribution in [0.2, 0.25) is 0 Å². The average molecular weight is 306 g/mol. The van der Waals surface area contributed by atoms with Gasteiger partial charge in [0.1, 0.15) is 5.60 Å². The van der Waals surface area contributed by atoms with Crippen LogP contribution in [0.5, 0.6) is 0 Å². The number of piperidine rings is 1. The van der Waals surface area contributed by atoms with Gasteiger partial charge in [-0.3, -0.25) is 4.98 Å². The maximum atomic E-state index is 12.0. The maximum absolute atomic E-state index is 12.0. The molecule has 0 radical (unpaired) electrons. The summed E-state index contributed by atoms with van der Waals surface area (Å²) in [7, 11) is 0. The zero-order valence-electron chi connectivity index (χ0n) is 13.9. The van der Waals surface area contributed by atoms with Gasteiger partial charge in [0.2, 0.25) is 0 Å². The number of hydrogen-bond acceptors (Lipinski definition) is 4. The van der Waals surface area contributed by atoms with Crippen LogP contribution in [-0.2, 0) is 9.47 Å². The van der Waals surface area contributed by atoms with Crippen molar-refractivity contribution in [3.05, 3.63) is 30.1 Å². The number of ether oxygens (including phenoxy) is 2. The maximum Gasteiger partial charge on any atom is 0.410 e. The fourth-order valence-electron chi connectivity index (χ4n) is 2.48. The lowest BCUT2D eigenvalue weighted by Crippen LogP contribution is -2.43. The molecule has 1 fully saturated rings. The lowest BCUT2D eigenvalue weighted by atomic mass is 10.1. The number of nitrogens with zero attached hydrogens (tertiary/aromatic N) is 2. The monoisotopic (exact) mass is 306 g/mol. The molecule has 0 aliphatic carbocycles. The Morgan fingerprint density at radius 1 is 1.32 bits per heavy atom. The number of amides is 1. The van der Waals surface area contributed by atoms with Crippen LogP contribution >= 0.6 is 0 Å². The molecule has 122 valence electrons. The van der Waals surface area contributed by atoms with Crippen LogP contribution in [0.3, 0.4) is 0 Å². The largest absolute Gasteiger partial charge is 0.444 e. The molecule has 0 aromatic carbocycles. The molecule has 1 atom stereocenters. The number of aromatic nitrogens is 1. The first kappa shape index (κ1) is 16.7. The van der Waals surface area contributed by atoms with E-state index in [2.05, 4.69) is 4.98 Å². The van der Waals surface area contributed by atoms with Gasteiger partial charge in [0, 0.05) is 19.3 Å². The van der Waals surface area contributed by atoms with Crippen molar-refractivity contribution in [2.24, 2.45) is 0 Å². The fraction of sp³-hybridized carbons (Fsp3) is 0.647. The molecule has 0 bridgehead atoms. The molecular formula is C17H26N2O3. The second kappa shape index (κ2) is 7.09. The van der Waals surface area contributed by atoms with E-state index in [9.17, 15) is 4.79 Å². The molecule has 2 rings (SSSR count). The van der Waals surface area contributed by atoms with Gasteiger partial charge in [-0.2, -0.15) is 0 Å². The lowest BCUT2D eigenvalue weighted by Gasteiger charge is -2.34. The van der Waals surface area contributed by atoms with Crippen LogP contribution in [0.1, 0.15) is 52.3 Å². The highest BCUT2D eigenvalue weighted by molar-refractivity contribution is 5.68.